The summed E-state index contributed by atoms with van der Waals surface area (Å²) in [7, 11) is 0. The largest absolute Gasteiger partial charge is 0.334 e. The van der Waals surface area contributed by atoms with Gasteiger partial charge in [-0.15, -0.1) is 0 Å². The molecule has 5 rings (SSSR count). The van der Waals surface area contributed by atoms with Crippen molar-refractivity contribution < 1.29 is 9.59 Å². The third-order valence-electron chi connectivity index (χ3n) is 6.00. The highest BCUT2D eigenvalue weighted by molar-refractivity contribution is 6.36. The van der Waals surface area contributed by atoms with E-state index in [1.54, 1.807) is 12.1 Å². The van der Waals surface area contributed by atoms with E-state index >= 15 is 0 Å². The number of Topliss-reactive ketones (excluding diaryl/α,β-unsaturated/α-hetero) is 2. The maximum absolute atomic E-state index is 13.9. The fourth-order valence-electron chi connectivity index (χ4n) is 4.74. The Hall–Kier alpha value is -3.40. The Morgan fingerprint density at radius 1 is 0.655 bits per heavy atom. The van der Waals surface area contributed by atoms with E-state index in [2.05, 4.69) is 0 Å². The molecule has 0 saturated carbocycles. The number of carbonyl (C=O) groups excluding carboxylic acids is 2. The summed E-state index contributed by atoms with van der Waals surface area (Å²) in [5.41, 5.74) is 3.64. The molecule has 0 amide bonds. The van der Waals surface area contributed by atoms with Crippen LogP contribution >= 0.6 is 0 Å². The van der Waals surface area contributed by atoms with Gasteiger partial charge in [0.05, 0.1) is 0 Å². The lowest BCUT2D eigenvalue weighted by Gasteiger charge is -2.40. The molecule has 1 heterocycles. The molecule has 0 unspecified atom stereocenters. The molecule has 29 heavy (non-hydrogen) atoms. The van der Waals surface area contributed by atoms with Crippen LogP contribution in [0.1, 0.15) is 31.8 Å². The first kappa shape index (κ1) is 17.7. The van der Waals surface area contributed by atoms with E-state index in [9.17, 15) is 9.59 Å². The molecule has 0 aromatic heterocycles. The minimum atomic E-state index is -1.37. The zero-order valence-corrected chi connectivity index (χ0v) is 16.6. The summed E-state index contributed by atoms with van der Waals surface area (Å²) in [5, 5.41) is 0. The van der Waals surface area contributed by atoms with Crippen LogP contribution in [-0.2, 0) is 0 Å². The molecule has 3 aromatic rings. The molecule has 3 aromatic carbocycles. The smallest absolute Gasteiger partial charge is 0.243 e. The van der Waals surface area contributed by atoms with Gasteiger partial charge in [0.1, 0.15) is 0 Å². The third-order valence-corrected chi connectivity index (χ3v) is 6.00. The summed E-state index contributed by atoms with van der Waals surface area (Å²) in [5.74, 6) is -0.280. The highest BCUT2D eigenvalue weighted by Crippen LogP contribution is 2.45. The van der Waals surface area contributed by atoms with Crippen LogP contribution < -0.4 is 9.80 Å². The number of benzene rings is 3. The molecule has 1 fully saturated rings. The molecule has 4 nitrogen and oxygen atoms in total. The lowest BCUT2D eigenvalue weighted by atomic mass is 9.99. The second-order valence-electron chi connectivity index (χ2n) is 7.86. The fourth-order valence-corrected chi connectivity index (χ4v) is 4.74. The minimum Gasteiger partial charge on any atom is -0.334 e. The lowest BCUT2D eigenvalue weighted by molar-refractivity contribution is 0.0807. The maximum Gasteiger partial charge on any atom is 0.243 e. The molecule has 0 N–H and O–H groups in total. The van der Waals surface area contributed by atoms with Crippen LogP contribution in [0.15, 0.2) is 72.8 Å². The Morgan fingerprint density at radius 2 is 1.10 bits per heavy atom. The van der Waals surface area contributed by atoms with Crippen LogP contribution in [0.3, 0.4) is 0 Å². The molecule has 2 aliphatic rings. The summed E-state index contributed by atoms with van der Waals surface area (Å²) in [6, 6.07) is 23.3. The lowest BCUT2D eigenvalue weighted by Crippen LogP contribution is -2.62. The van der Waals surface area contributed by atoms with Gasteiger partial charge in [0.2, 0.25) is 17.2 Å². The number of anilines is 2. The molecular formula is C25H22N2O2. The monoisotopic (exact) mass is 382 g/mol. The first-order chi connectivity index (χ1) is 14.0. The summed E-state index contributed by atoms with van der Waals surface area (Å²) in [4.78, 5) is 31.7. The maximum atomic E-state index is 13.9. The average Bonchev–Trinajstić information content (AvgIpc) is 3.22. The number of fused-ring (bicyclic) bond motifs is 1. The Balaban J connectivity index is 1.75. The zero-order chi connectivity index (χ0) is 20.2. The molecule has 1 saturated heterocycles. The molecule has 4 heteroatoms. The van der Waals surface area contributed by atoms with E-state index in [1.807, 2.05) is 84.3 Å². The van der Waals surface area contributed by atoms with E-state index in [4.69, 9.17) is 0 Å². The van der Waals surface area contributed by atoms with Crippen molar-refractivity contribution in [3.05, 3.63) is 95.1 Å². The number of hydrogen-bond donors (Lipinski definition) is 0. The number of rotatable bonds is 2. The number of carbonyl (C=O) groups is 2. The van der Waals surface area contributed by atoms with Crippen molar-refractivity contribution in [3.63, 3.8) is 0 Å². The van der Waals surface area contributed by atoms with Crippen LogP contribution in [0.2, 0.25) is 0 Å². The predicted molar refractivity (Wildman–Crippen MR) is 115 cm³/mol. The predicted octanol–water partition coefficient (Wildman–Crippen LogP) is 4.41. The standard InChI is InChI=1S/C25H22N2O2/c1-17-7-5-9-19(15-17)26-13-14-27(20-10-6-8-18(2)16-20)25(26)23(28)21-11-3-4-12-22(21)24(25)29/h3-12,15-16H,13-14H2,1-2H3. The number of aryl methyl sites for hydroxylation is 2. The summed E-state index contributed by atoms with van der Waals surface area (Å²) >= 11 is 0. The summed E-state index contributed by atoms with van der Waals surface area (Å²) in [6.45, 7) is 5.25. The van der Waals surface area contributed by atoms with Crippen molar-refractivity contribution in [3.8, 4) is 0 Å². The Kier molecular flexibility index (Phi) is 3.85. The van der Waals surface area contributed by atoms with Gasteiger partial charge in [0, 0.05) is 35.6 Å². The molecular weight excluding hydrogens is 360 g/mol. The van der Waals surface area contributed by atoms with Gasteiger partial charge in [-0.25, -0.2) is 0 Å². The van der Waals surface area contributed by atoms with Crippen molar-refractivity contribution in [1.29, 1.82) is 0 Å². The van der Waals surface area contributed by atoms with E-state index in [-0.39, 0.29) is 11.6 Å². The SMILES string of the molecule is Cc1cccc(N2CCN(c3cccc(C)c3)C23C(=O)c2ccccc2C3=O)c1. The van der Waals surface area contributed by atoms with Gasteiger partial charge in [-0.05, 0) is 49.2 Å². The van der Waals surface area contributed by atoms with Crippen molar-refractivity contribution in [1.82, 2.24) is 0 Å². The van der Waals surface area contributed by atoms with Crippen molar-refractivity contribution in [2.24, 2.45) is 0 Å². The van der Waals surface area contributed by atoms with Crippen LogP contribution in [-0.4, -0.2) is 30.3 Å². The molecule has 0 radical (unpaired) electrons. The van der Waals surface area contributed by atoms with Crippen molar-refractivity contribution in [2.45, 2.75) is 19.5 Å². The van der Waals surface area contributed by atoms with Crippen molar-refractivity contribution >= 4 is 22.9 Å². The van der Waals surface area contributed by atoms with Gasteiger partial charge in [0.25, 0.3) is 0 Å². The quantitative estimate of drug-likeness (QED) is 0.616. The van der Waals surface area contributed by atoms with E-state index in [1.165, 1.54) is 0 Å². The Morgan fingerprint density at radius 3 is 1.52 bits per heavy atom. The second-order valence-corrected chi connectivity index (χ2v) is 7.86. The first-order valence-electron chi connectivity index (χ1n) is 9.91. The number of nitrogens with zero attached hydrogens (tertiary/aromatic N) is 2. The van der Waals surface area contributed by atoms with E-state index < -0.39 is 5.66 Å². The molecule has 0 bridgehead atoms. The molecule has 1 spiro atoms. The van der Waals surface area contributed by atoms with Crippen LogP contribution in [0.4, 0.5) is 11.4 Å². The van der Waals surface area contributed by atoms with Crippen LogP contribution in [0, 0.1) is 13.8 Å². The van der Waals surface area contributed by atoms with Gasteiger partial charge >= 0.3 is 0 Å². The van der Waals surface area contributed by atoms with E-state index in [0.29, 0.717) is 24.2 Å². The second kappa shape index (κ2) is 6.31. The first-order valence-corrected chi connectivity index (χ1v) is 9.91. The average molecular weight is 382 g/mol. The fraction of sp³-hybridized carbons (Fsp3) is 0.200. The number of hydrogen-bond acceptors (Lipinski definition) is 4. The molecule has 144 valence electrons. The molecule has 1 aliphatic carbocycles. The Bertz CT molecular complexity index is 1060. The van der Waals surface area contributed by atoms with Gasteiger partial charge in [-0.1, -0.05) is 48.5 Å². The topological polar surface area (TPSA) is 40.6 Å². The summed E-state index contributed by atoms with van der Waals surface area (Å²) in [6.07, 6.45) is 0. The molecule has 0 atom stereocenters. The van der Waals surface area contributed by atoms with E-state index in [0.717, 1.165) is 22.5 Å². The van der Waals surface area contributed by atoms with Crippen molar-refractivity contribution in [2.75, 3.05) is 22.9 Å². The normalized spacial score (nSPS) is 17.3. The Labute approximate surface area is 170 Å². The van der Waals surface area contributed by atoms with Gasteiger partial charge in [0.15, 0.2) is 0 Å². The van der Waals surface area contributed by atoms with Gasteiger partial charge in [-0.3, -0.25) is 9.59 Å². The van der Waals surface area contributed by atoms with Crippen LogP contribution in [0.5, 0.6) is 0 Å². The third kappa shape index (κ3) is 2.38. The van der Waals surface area contributed by atoms with Gasteiger partial charge < -0.3 is 9.80 Å². The highest BCUT2D eigenvalue weighted by Gasteiger charge is 2.63. The highest BCUT2D eigenvalue weighted by atomic mass is 16.2. The zero-order valence-electron chi connectivity index (χ0n) is 16.6. The van der Waals surface area contributed by atoms with Gasteiger partial charge in [-0.2, -0.15) is 0 Å². The number of ketones is 2. The minimum absolute atomic E-state index is 0.140. The summed E-state index contributed by atoms with van der Waals surface area (Å²) < 4.78 is 0. The van der Waals surface area contributed by atoms with Crippen LogP contribution in [0.25, 0.3) is 0 Å². The molecule has 1 aliphatic heterocycles.